The highest BCUT2D eigenvalue weighted by Crippen LogP contribution is 2.20. The molecule has 1 heterocycles. The third kappa shape index (κ3) is 4.63. The number of nitrogens with zero attached hydrogens (tertiary/aromatic N) is 3. The first-order valence-electron chi connectivity index (χ1n) is 9.71. The molecule has 0 aromatic heterocycles. The summed E-state index contributed by atoms with van der Waals surface area (Å²) in [4.78, 5) is 14.6. The molecule has 10 heteroatoms. The minimum atomic E-state index is -3.71. The van der Waals surface area contributed by atoms with Crippen molar-refractivity contribution in [3.8, 4) is 6.07 Å². The second-order valence-corrected chi connectivity index (χ2v) is 11.9. The van der Waals surface area contributed by atoms with Crippen molar-refractivity contribution in [1.29, 1.82) is 5.26 Å². The number of nitriles is 1. The van der Waals surface area contributed by atoms with Crippen molar-refractivity contribution in [2.24, 2.45) is 0 Å². The molecule has 31 heavy (non-hydrogen) atoms. The number of carbonyl (C=O) groups is 1. The first-order valence-corrected chi connectivity index (χ1v) is 12.7. The highest BCUT2D eigenvalue weighted by atomic mass is 32.2. The summed E-state index contributed by atoms with van der Waals surface area (Å²) >= 11 is 0. The van der Waals surface area contributed by atoms with Gasteiger partial charge in [-0.25, -0.2) is 16.8 Å². The molecule has 0 radical (unpaired) electrons. The third-order valence-corrected chi connectivity index (χ3v) is 9.28. The van der Waals surface area contributed by atoms with Gasteiger partial charge in [0, 0.05) is 31.7 Å². The van der Waals surface area contributed by atoms with Crippen molar-refractivity contribution in [2.45, 2.75) is 28.9 Å². The Labute approximate surface area is 182 Å². The number of rotatable bonds is 5. The molecule has 2 aromatic rings. The van der Waals surface area contributed by atoms with Gasteiger partial charge in [-0.05, 0) is 62.4 Å². The van der Waals surface area contributed by atoms with Crippen molar-refractivity contribution in [3.63, 3.8) is 0 Å². The van der Waals surface area contributed by atoms with E-state index in [9.17, 15) is 21.6 Å². The van der Waals surface area contributed by atoms with E-state index < -0.39 is 25.1 Å². The Morgan fingerprint density at radius 3 is 1.87 bits per heavy atom. The molecule has 0 unspecified atom stereocenters. The summed E-state index contributed by atoms with van der Waals surface area (Å²) in [7, 11) is -7.13. The number of amides is 1. The van der Waals surface area contributed by atoms with Crippen LogP contribution < -0.4 is 0 Å². The van der Waals surface area contributed by atoms with Gasteiger partial charge in [0.15, 0.2) is 9.84 Å². The van der Waals surface area contributed by atoms with E-state index in [0.717, 1.165) is 0 Å². The van der Waals surface area contributed by atoms with Gasteiger partial charge in [-0.2, -0.15) is 9.57 Å². The topological polar surface area (TPSA) is 116 Å². The Kier molecular flexibility index (Phi) is 6.50. The van der Waals surface area contributed by atoms with Crippen LogP contribution in [0.2, 0.25) is 0 Å². The molecule has 1 aliphatic heterocycles. The first-order chi connectivity index (χ1) is 14.6. The summed E-state index contributed by atoms with van der Waals surface area (Å²) in [5, 5.41) is 8.30. The molecule has 1 fully saturated rings. The number of piperazine rings is 1. The quantitative estimate of drug-likeness (QED) is 0.671. The normalized spacial score (nSPS) is 15.6. The van der Waals surface area contributed by atoms with Crippen LogP contribution in [-0.4, -0.2) is 63.4 Å². The van der Waals surface area contributed by atoms with E-state index in [-0.39, 0.29) is 41.9 Å². The third-order valence-electron chi connectivity index (χ3n) is 5.20. The molecular weight excluding hydrogens is 438 g/mol. The maximum absolute atomic E-state index is 12.8. The molecule has 8 nitrogen and oxygen atoms in total. The second kappa shape index (κ2) is 8.78. The van der Waals surface area contributed by atoms with Crippen molar-refractivity contribution in [2.75, 3.05) is 26.2 Å². The summed E-state index contributed by atoms with van der Waals surface area (Å²) in [5.74, 6) is -0.274. The monoisotopic (exact) mass is 461 g/mol. The Balaban J connectivity index is 1.67. The fourth-order valence-corrected chi connectivity index (χ4v) is 5.71. The van der Waals surface area contributed by atoms with Crippen molar-refractivity contribution >= 4 is 25.8 Å². The smallest absolute Gasteiger partial charge is 0.253 e. The molecule has 1 amide bonds. The predicted octanol–water partition coefficient (Wildman–Crippen LogP) is 1.89. The lowest BCUT2D eigenvalue weighted by molar-refractivity contribution is 0.0698. The van der Waals surface area contributed by atoms with E-state index in [1.54, 1.807) is 18.7 Å². The largest absolute Gasteiger partial charge is 0.336 e. The lowest BCUT2D eigenvalue weighted by Gasteiger charge is -2.34. The maximum atomic E-state index is 12.8. The number of sulfone groups is 1. The molecule has 0 spiro atoms. The van der Waals surface area contributed by atoms with Crippen LogP contribution in [0.5, 0.6) is 0 Å². The fraction of sp³-hybridized carbons (Fsp3) is 0.333. The number of carbonyl (C=O) groups excluding carboxylic acids is 1. The standard InChI is InChI=1S/C21H23N3O5S2/c1-16(2)30(26,27)19-9-5-18(6-10-19)21(25)23-11-13-24(14-12-23)31(28,29)20-7-3-17(15-22)4-8-20/h3-10,16H,11-14H2,1-2H3. The summed E-state index contributed by atoms with van der Waals surface area (Å²) in [5.41, 5.74) is 0.729. The zero-order valence-corrected chi connectivity index (χ0v) is 18.9. The van der Waals surface area contributed by atoms with Gasteiger partial charge in [-0.1, -0.05) is 0 Å². The average Bonchev–Trinajstić information content (AvgIpc) is 2.78. The number of benzene rings is 2. The lowest BCUT2D eigenvalue weighted by atomic mass is 10.2. The Morgan fingerprint density at radius 2 is 1.39 bits per heavy atom. The lowest BCUT2D eigenvalue weighted by Crippen LogP contribution is -2.50. The van der Waals surface area contributed by atoms with E-state index in [2.05, 4.69) is 0 Å². The molecule has 0 aliphatic carbocycles. The van der Waals surface area contributed by atoms with Gasteiger partial charge in [0.05, 0.1) is 26.7 Å². The molecule has 0 N–H and O–H groups in total. The van der Waals surface area contributed by atoms with Gasteiger partial charge in [0.1, 0.15) is 0 Å². The zero-order chi connectivity index (χ0) is 22.8. The first kappa shape index (κ1) is 22.9. The van der Waals surface area contributed by atoms with Crippen LogP contribution in [-0.2, 0) is 19.9 Å². The molecule has 0 saturated carbocycles. The molecule has 1 saturated heterocycles. The van der Waals surface area contributed by atoms with Crippen molar-refractivity contribution < 1.29 is 21.6 Å². The van der Waals surface area contributed by atoms with Gasteiger partial charge in [-0.3, -0.25) is 4.79 Å². The minimum Gasteiger partial charge on any atom is -0.336 e. The van der Waals surface area contributed by atoms with Crippen LogP contribution in [0.4, 0.5) is 0 Å². The van der Waals surface area contributed by atoms with Gasteiger partial charge >= 0.3 is 0 Å². The van der Waals surface area contributed by atoms with Gasteiger partial charge in [0.25, 0.3) is 5.91 Å². The molecule has 2 aromatic carbocycles. The van der Waals surface area contributed by atoms with Crippen molar-refractivity contribution in [1.82, 2.24) is 9.21 Å². The Hall–Kier alpha value is -2.74. The van der Waals surface area contributed by atoms with Crippen LogP contribution >= 0.6 is 0 Å². The van der Waals surface area contributed by atoms with Gasteiger partial charge in [-0.15, -0.1) is 0 Å². The highest BCUT2D eigenvalue weighted by Gasteiger charge is 2.30. The Morgan fingerprint density at radius 1 is 0.871 bits per heavy atom. The number of hydrogen-bond donors (Lipinski definition) is 0. The van der Waals surface area contributed by atoms with E-state index in [1.165, 1.54) is 52.8 Å². The molecule has 164 valence electrons. The van der Waals surface area contributed by atoms with Crippen LogP contribution in [0.3, 0.4) is 0 Å². The summed E-state index contributed by atoms with van der Waals surface area (Å²) < 4.78 is 51.4. The molecular formula is C21H23N3O5S2. The van der Waals surface area contributed by atoms with Gasteiger partial charge < -0.3 is 4.90 Å². The van der Waals surface area contributed by atoms with Crippen LogP contribution in [0, 0.1) is 11.3 Å². The molecule has 3 rings (SSSR count). The SMILES string of the molecule is CC(C)S(=O)(=O)c1ccc(C(=O)N2CCN(S(=O)(=O)c3ccc(C#N)cc3)CC2)cc1. The molecule has 0 bridgehead atoms. The fourth-order valence-electron chi connectivity index (χ4n) is 3.22. The second-order valence-electron chi connectivity index (χ2n) is 7.45. The van der Waals surface area contributed by atoms with Crippen LogP contribution in [0.25, 0.3) is 0 Å². The van der Waals surface area contributed by atoms with E-state index in [0.29, 0.717) is 11.1 Å². The molecule has 0 atom stereocenters. The van der Waals surface area contributed by atoms with E-state index in [1.807, 2.05) is 6.07 Å². The minimum absolute atomic E-state index is 0.105. The van der Waals surface area contributed by atoms with Crippen LogP contribution in [0.15, 0.2) is 58.3 Å². The summed E-state index contributed by atoms with van der Waals surface area (Å²) in [6.45, 7) is 3.93. The van der Waals surface area contributed by atoms with E-state index >= 15 is 0 Å². The van der Waals surface area contributed by atoms with E-state index in [4.69, 9.17) is 5.26 Å². The zero-order valence-electron chi connectivity index (χ0n) is 17.2. The Bertz CT molecular complexity index is 1210. The highest BCUT2D eigenvalue weighted by molar-refractivity contribution is 7.92. The summed E-state index contributed by atoms with van der Waals surface area (Å²) in [6, 6.07) is 13.5. The number of hydrogen-bond acceptors (Lipinski definition) is 6. The van der Waals surface area contributed by atoms with Gasteiger partial charge in [0.2, 0.25) is 10.0 Å². The maximum Gasteiger partial charge on any atom is 0.253 e. The van der Waals surface area contributed by atoms with Crippen molar-refractivity contribution in [3.05, 3.63) is 59.7 Å². The number of sulfonamides is 1. The summed E-state index contributed by atoms with van der Waals surface area (Å²) in [6.07, 6.45) is 0. The predicted molar refractivity (Wildman–Crippen MR) is 115 cm³/mol. The molecule has 1 aliphatic rings. The van der Waals surface area contributed by atoms with Crippen LogP contribution in [0.1, 0.15) is 29.8 Å². The average molecular weight is 462 g/mol.